The first kappa shape index (κ1) is 12.5. The lowest BCUT2D eigenvalue weighted by atomic mass is 10.3. The molecule has 0 amide bonds. The molecule has 98 valence electrons. The van der Waals surface area contributed by atoms with Gasteiger partial charge in [-0.25, -0.2) is 4.98 Å². The van der Waals surface area contributed by atoms with Crippen LogP contribution in [0.3, 0.4) is 0 Å². The summed E-state index contributed by atoms with van der Waals surface area (Å²) in [5.74, 6) is 0.152. The second-order valence-electron chi connectivity index (χ2n) is 3.80. The molecule has 8 heteroatoms. The van der Waals surface area contributed by atoms with Crippen molar-refractivity contribution in [2.24, 2.45) is 0 Å². The summed E-state index contributed by atoms with van der Waals surface area (Å²) in [6, 6.07) is 4.90. The minimum Gasteiger partial charge on any atom is -0.399 e. The molecule has 0 aliphatic heterocycles. The molecule has 1 aromatic carbocycles. The number of nitrogens with two attached hydrogens (primary N) is 1. The standard InChI is InChI=1S/C10H11F3N4O/c11-10(12,13)8(18)4-15-9-16-6-2-1-5(14)3-7(6)17-9/h1-3,8,18H,4,14H2,(H2,15,16,17). The molecule has 0 aliphatic rings. The predicted molar refractivity (Wildman–Crippen MR) is 61.1 cm³/mol. The van der Waals surface area contributed by atoms with Crippen LogP contribution in [-0.2, 0) is 0 Å². The van der Waals surface area contributed by atoms with Crippen molar-refractivity contribution in [2.45, 2.75) is 12.3 Å². The van der Waals surface area contributed by atoms with E-state index in [1.54, 1.807) is 18.2 Å². The number of nitrogens with one attached hydrogen (secondary N) is 2. The van der Waals surface area contributed by atoms with Gasteiger partial charge in [0, 0.05) is 5.69 Å². The van der Waals surface area contributed by atoms with Gasteiger partial charge in [-0.1, -0.05) is 0 Å². The van der Waals surface area contributed by atoms with Crippen LogP contribution in [0.1, 0.15) is 0 Å². The molecule has 1 atom stereocenters. The number of fused-ring (bicyclic) bond motifs is 1. The van der Waals surface area contributed by atoms with Gasteiger partial charge in [0.15, 0.2) is 6.10 Å². The molecular formula is C10H11F3N4O. The van der Waals surface area contributed by atoms with E-state index in [4.69, 9.17) is 10.8 Å². The van der Waals surface area contributed by atoms with Crippen LogP contribution in [0.5, 0.6) is 0 Å². The highest BCUT2D eigenvalue weighted by Crippen LogP contribution is 2.21. The minimum absolute atomic E-state index is 0.152. The summed E-state index contributed by atoms with van der Waals surface area (Å²) in [6.07, 6.45) is -7.08. The van der Waals surface area contributed by atoms with Crippen LogP contribution in [0, 0.1) is 0 Å². The van der Waals surface area contributed by atoms with Crippen molar-refractivity contribution in [1.29, 1.82) is 0 Å². The summed E-state index contributed by atoms with van der Waals surface area (Å²) in [5.41, 5.74) is 7.26. The van der Waals surface area contributed by atoms with E-state index < -0.39 is 18.8 Å². The Morgan fingerprint density at radius 3 is 2.83 bits per heavy atom. The maximum Gasteiger partial charge on any atom is 0.416 e. The molecule has 1 aromatic heterocycles. The number of aromatic amines is 1. The lowest BCUT2D eigenvalue weighted by molar-refractivity contribution is -0.198. The second-order valence-corrected chi connectivity index (χ2v) is 3.80. The average Bonchev–Trinajstić information content (AvgIpc) is 2.66. The molecule has 0 aliphatic carbocycles. The van der Waals surface area contributed by atoms with Gasteiger partial charge in [0.25, 0.3) is 0 Å². The van der Waals surface area contributed by atoms with Crippen molar-refractivity contribution in [3.63, 3.8) is 0 Å². The van der Waals surface area contributed by atoms with E-state index in [-0.39, 0.29) is 5.95 Å². The van der Waals surface area contributed by atoms with Gasteiger partial charge in [0.1, 0.15) is 0 Å². The quantitative estimate of drug-likeness (QED) is 0.629. The van der Waals surface area contributed by atoms with Crippen molar-refractivity contribution in [1.82, 2.24) is 9.97 Å². The van der Waals surface area contributed by atoms with E-state index in [2.05, 4.69) is 15.3 Å². The Hall–Kier alpha value is -1.96. The Balaban J connectivity index is 2.09. The van der Waals surface area contributed by atoms with Gasteiger partial charge in [-0.3, -0.25) is 0 Å². The summed E-state index contributed by atoms with van der Waals surface area (Å²) >= 11 is 0. The van der Waals surface area contributed by atoms with E-state index >= 15 is 0 Å². The van der Waals surface area contributed by atoms with Crippen LogP contribution in [0.25, 0.3) is 11.0 Å². The second kappa shape index (κ2) is 4.37. The molecule has 0 bridgehead atoms. The number of nitrogens with zero attached hydrogens (tertiary/aromatic N) is 1. The topological polar surface area (TPSA) is 87.0 Å². The molecule has 0 spiro atoms. The summed E-state index contributed by atoms with van der Waals surface area (Å²) < 4.78 is 36.2. The SMILES string of the molecule is Nc1ccc2nc(NCC(O)C(F)(F)F)[nH]c2c1. The van der Waals surface area contributed by atoms with Gasteiger partial charge >= 0.3 is 6.18 Å². The van der Waals surface area contributed by atoms with Crippen molar-refractivity contribution in [3.8, 4) is 0 Å². The Kier molecular flexibility index (Phi) is 3.04. The van der Waals surface area contributed by atoms with Gasteiger partial charge in [0.2, 0.25) is 5.95 Å². The van der Waals surface area contributed by atoms with Gasteiger partial charge in [-0.15, -0.1) is 0 Å². The van der Waals surface area contributed by atoms with Crippen molar-refractivity contribution >= 4 is 22.7 Å². The zero-order valence-corrected chi connectivity index (χ0v) is 9.12. The Morgan fingerprint density at radius 1 is 1.44 bits per heavy atom. The van der Waals surface area contributed by atoms with Crippen LogP contribution in [-0.4, -0.2) is 33.9 Å². The monoisotopic (exact) mass is 260 g/mol. The van der Waals surface area contributed by atoms with Crippen molar-refractivity contribution in [2.75, 3.05) is 17.6 Å². The fourth-order valence-corrected chi connectivity index (χ4v) is 1.42. The number of anilines is 2. The van der Waals surface area contributed by atoms with Crippen LogP contribution < -0.4 is 11.1 Å². The third-order valence-corrected chi connectivity index (χ3v) is 2.35. The molecule has 2 rings (SSSR count). The number of imidazole rings is 1. The molecular weight excluding hydrogens is 249 g/mol. The molecule has 0 radical (unpaired) electrons. The number of alkyl halides is 3. The van der Waals surface area contributed by atoms with Gasteiger partial charge in [-0.2, -0.15) is 13.2 Å². The first-order chi connectivity index (χ1) is 8.36. The molecule has 5 nitrogen and oxygen atoms in total. The van der Waals surface area contributed by atoms with E-state index in [0.717, 1.165) is 0 Å². The summed E-state index contributed by atoms with van der Waals surface area (Å²) in [5, 5.41) is 11.2. The highest BCUT2D eigenvalue weighted by Gasteiger charge is 2.37. The van der Waals surface area contributed by atoms with E-state index in [1.165, 1.54) is 0 Å². The molecule has 0 fully saturated rings. The largest absolute Gasteiger partial charge is 0.416 e. The van der Waals surface area contributed by atoms with Crippen LogP contribution in [0.4, 0.5) is 24.8 Å². The number of hydrogen-bond donors (Lipinski definition) is 4. The van der Waals surface area contributed by atoms with Gasteiger partial charge in [-0.05, 0) is 18.2 Å². The predicted octanol–water partition coefficient (Wildman–Crippen LogP) is 1.48. The number of aliphatic hydroxyl groups is 1. The van der Waals surface area contributed by atoms with Gasteiger partial charge < -0.3 is 21.1 Å². The maximum absolute atomic E-state index is 12.1. The Labute approximate surface area is 99.8 Å². The number of aliphatic hydroxyl groups excluding tert-OH is 1. The number of halogens is 3. The zero-order chi connectivity index (χ0) is 13.3. The lowest BCUT2D eigenvalue weighted by Crippen LogP contribution is -2.35. The number of hydrogen-bond acceptors (Lipinski definition) is 4. The number of H-pyrrole nitrogens is 1. The van der Waals surface area contributed by atoms with E-state index in [9.17, 15) is 13.2 Å². The third kappa shape index (κ3) is 2.65. The zero-order valence-electron chi connectivity index (χ0n) is 9.12. The Morgan fingerprint density at radius 2 is 2.17 bits per heavy atom. The van der Waals surface area contributed by atoms with Gasteiger partial charge in [0.05, 0.1) is 17.6 Å². The highest BCUT2D eigenvalue weighted by atomic mass is 19.4. The smallest absolute Gasteiger partial charge is 0.399 e. The summed E-state index contributed by atoms with van der Waals surface area (Å²) in [6.45, 7) is -0.668. The first-order valence-corrected chi connectivity index (χ1v) is 5.10. The first-order valence-electron chi connectivity index (χ1n) is 5.10. The van der Waals surface area contributed by atoms with Crippen LogP contribution in [0.2, 0.25) is 0 Å². The van der Waals surface area contributed by atoms with Crippen molar-refractivity contribution < 1.29 is 18.3 Å². The van der Waals surface area contributed by atoms with E-state index in [1.807, 2.05) is 0 Å². The molecule has 5 N–H and O–H groups in total. The highest BCUT2D eigenvalue weighted by molar-refractivity contribution is 5.80. The van der Waals surface area contributed by atoms with Crippen LogP contribution >= 0.6 is 0 Å². The fraction of sp³-hybridized carbons (Fsp3) is 0.300. The van der Waals surface area contributed by atoms with Crippen LogP contribution in [0.15, 0.2) is 18.2 Å². The fourth-order valence-electron chi connectivity index (χ4n) is 1.42. The average molecular weight is 260 g/mol. The number of aromatic nitrogens is 2. The molecule has 0 saturated heterocycles. The molecule has 1 unspecified atom stereocenters. The maximum atomic E-state index is 12.1. The van der Waals surface area contributed by atoms with Crippen molar-refractivity contribution in [3.05, 3.63) is 18.2 Å². The number of nitrogen functional groups attached to an aromatic ring is 1. The normalized spacial score (nSPS) is 13.8. The minimum atomic E-state index is -4.65. The molecule has 0 saturated carbocycles. The lowest BCUT2D eigenvalue weighted by Gasteiger charge is -2.14. The molecule has 2 aromatic rings. The number of rotatable bonds is 3. The van der Waals surface area contributed by atoms with E-state index in [0.29, 0.717) is 16.7 Å². The summed E-state index contributed by atoms with van der Waals surface area (Å²) in [7, 11) is 0. The third-order valence-electron chi connectivity index (χ3n) is 2.35. The molecule has 18 heavy (non-hydrogen) atoms. The molecule has 1 heterocycles. The summed E-state index contributed by atoms with van der Waals surface area (Å²) in [4.78, 5) is 6.77. The number of benzene rings is 1. The Bertz CT molecular complexity index is 552.